The summed E-state index contributed by atoms with van der Waals surface area (Å²) in [7, 11) is 0. The summed E-state index contributed by atoms with van der Waals surface area (Å²) in [6.07, 6.45) is 5.82. The van der Waals surface area contributed by atoms with E-state index in [2.05, 4.69) is 17.5 Å². The van der Waals surface area contributed by atoms with Crippen LogP contribution in [-0.4, -0.2) is 6.54 Å². The molecule has 0 aliphatic rings. The van der Waals surface area contributed by atoms with Crippen LogP contribution in [0.15, 0.2) is 53.2 Å². The lowest BCUT2D eigenvalue weighted by Gasteiger charge is -1.97. The average Bonchev–Trinajstić information content (AvgIpc) is 2.84. The Morgan fingerprint density at radius 2 is 2.00 bits per heavy atom. The van der Waals surface area contributed by atoms with Gasteiger partial charge in [-0.2, -0.15) is 0 Å². The molecule has 88 valence electrons. The van der Waals surface area contributed by atoms with E-state index in [1.54, 1.807) is 6.26 Å². The van der Waals surface area contributed by atoms with Gasteiger partial charge in [-0.05, 0) is 29.8 Å². The summed E-state index contributed by atoms with van der Waals surface area (Å²) in [5.41, 5.74) is 1.15. The van der Waals surface area contributed by atoms with Crippen LogP contribution in [0.3, 0.4) is 0 Å². The van der Waals surface area contributed by atoms with Crippen LogP contribution in [0.25, 0.3) is 6.08 Å². The molecule has 1 N–H and O–H groups in total. The second kappa shape index (κ2) is 6.28. The predicted molar refractivity (Wildman–Crippen MR) is 70.9 cm³/mol. The molecule has 0 atom stereocenters. The van der Waals surface area contributed by atoms with Gasteiger partial charge in [0, 0.05) is 11.6 Å². The first-order valence-corrected chi connectivity index (χ1v) is 5.87. The lowest BCUT2D eigenvalue weighted by atomic mass is 10.2. The van der Waals surface area contributed by atoms with Gasteiger partial charge in [0.25, 0.3) is 0 Å². The highest BCUT2D eigenvalue weighted by Gasteiger charge is 1.92. The highest BCUT2D eigenvalue weighted by Crippen LogP contribution is 2.10. The molecule has 1 aromatic heterocycles. The maximum absolute atomic E-state index is 5.81. The van der Waals surface area contributed by atoms with Gasteiger partial charge in [-0.15, -0.1) is 0 Å². The molecule has 0 spiro atoms. The molecular weight excluding hydrogens is 234 g/mol. The molecule has 2 aromatic rings. The van der Waals surface area contributed by atoms with Gasteiger partial charge in [-0.1, -0.05) is 35.9 Å². The van der Waals surface area contributed by atoms with Gasteiger partial charge in [0.1, 0.15) is 5.76 Å². The lowest BCUT2D eigenvalue weighted by molar-refractivity contribution is 0.490. The maximum atomic E-state index is 5.81. The van der Waals surface area contributed by atoms with Crippen molar-refractivity contribution >= 4 is 17.7 Å². The first-order chi connectivity index (χ1) is 8.34. The first kappa shape index (κ1) is 12.0. The van der Waals surface area contributed by atoms with Crippen LogP contribution in [-0.2, 0) is 6.54 Å². The van der Waals surface area contributed by atoms with Gasteiger partial charge < -0.3 is 9.73 Å². The topological polar surface area (TPSA) is 25.2 Å². The summed E-state index contributed by atoms with van der Waals surface area (Å²) in [6, 6.07) is 11.6. The van der Waals surface area contributed by atoms with E-state index in [0.29, 0.717) is 0 Å². The van der Waals surface area contributed by atoms with Gasteiger partial charge in [0.2, 0.25) is 0 Å². The van der Waals surface area contributed by atoms with E-state index in [1.165, 1.54) is 0 Å². The van der Waals surface area contributed by atoms with E-state index < -0.39 is 0 Å². The summed E-state index contributed by atoms with van der Waals surface area (Å²) in [5, 5.41) is 4.02. The van der Waals surface area contributed by atoms with E-state index >= 15 is 0 Å². The summed E-state index contributed by atoms with van der Waals surface area (Å²) in [6.45, 7) is 1.56. The Morgan fingerprint density at radius 3 is 2.71 bits per heavy atom. The van der Waals surface area contributed by atoms with Crippen molar-refractivity contribution < 1.29 is 4.42 Å². The predicted octanol–water partition coefficient (Wildman–Crippen LogP) is 3.74. The Kier molecular flexibility index (Phi) is 4.42. The molecule has 1 aromatic carbocycles. The molecular formula is C14H14ClNO. The van der Waals surface area contributed by atoms with Gasteiger partial charge in [-0.25, -0.2) is 0 Å². The normalized spacial score (nSPS) is 11.1. The number of hydrogen-bond acceptors (Lipinski definition) is 2. The summed E-state index contributed by atoms with van der Waals surface area (Å²) in [5.74, 6) is 0.949. The second-order valence-corrected chi connectivity index (χ2v) is 4.10. The van der Waals surface area contributed by atoms with Crippen molar-refractivity contribution in [3.05, 3.63) is 65.1 Å². The third-order valence-corrected chi connectivity index (χ3v) is 2.57. The van der Waals surface area contributed by atoms with Gasteiger partial charge in [-0.3, -0.25) is 0 Å². The minimum Gasteiger partial charge on any atom is -0.468 e. The van der Waals surface area contributed by atoms with E-state index in [1.807, 2.05) is 36.4 Å². The summed E-state index contributed by atoms with van der Waals surface area (Å²) in [4.78, 5) is 0. The van der Waals surface area contributed by atoms with Crippen LogP contribution < -0.4 is 5.32 Å². The zero-order chi connectivity index (χ0) is 11.9. The van der Waals surface area contributed by atoms with Crippen molar-refractivity contribution in [3.63, 3.8) is 0 Å². The largest absolute Gasteiger partial charge is 0.468 e. The van der Waals surface area contributed by atoms with E-state index in [4.69, 9.17) is 16.0 Å². The van der Waals surface area contributed by atoms with Crippen molar-refractivity contribution in [1.82, 2.24) is 5.32 Å². The zero-order valence-corrected chi connectivity index (χ0v) is 10.2. The van der Waals surface area contributed by atoms with E-state index in [-0.39, 0.29) is 0 Å². The van der Waals surface area contributed by atoms with Crippen molar-refractivity contribution in [2.75, 3.05) is 6.54 Å². The highest BCUT2D eigenvalue weighted by atomic mass is 35.5. The minimum absolute atomic E-state index is 0.748. The molecule has 2 nitrogen and oxygen atoms in total. The molecule has 0 fully saturated rings. The average molecular weight is 248 g/mol. The Bertz CT molecular complexity index is 459. The summed E-state index contributed by atoms with van der Waals surface area (Å²) >= 11 is 5.81. The van der Waals surface area contributed by atoms with Crippen molar-refractivity contribution in [2.24, 2.45) is 0 Å². The fraction of sp³-hybridized carbons (Fsp3) is 0.143. The number of hydrogen-bond donors (Lipinski definition) is 1. The molecule has 0 saturated heterocycles. The quantitative estimate of drug-likeness (QED) is 0.815. The number of nitrogens with one attached hydrogen (secondary N) is 1. The first-order valence-electron chi connectivity index (χ1n) is 5.50. The Balaban J connectivity index is 1.73. The molecule has 0 amide bonds. The smallest absolute Gasteiger partial charge is 0.117 e. The standard InChI is InChI=1S/C14H14ClNO/c15-13-7-5-12(6-8-13)3-1-9-16-11-14-4-2-10-17-14/h1-8,10,16H,9,11H2/b3-1+. The van der Waals surface area contributed by atoms with Gasteiger partial charge >= 0.3 is 0 Å². The van der Waals surface area contributed by atoms with Crippen molar-refractivity contribution in [2.45, 2.75) is 6.54 Å². The Hall–Kier alpha value is -1.51. The molecule has 2 rings (SSSR count). The third-order valence-electron chi connectivity index (χ3n) is 2.32. The molecule has 0 radical (unpaired) electrons. The Morgan fingerprint density at radius 1 is 1.18 bits per heavy atom. The maximum Gasteiger partial charge on any atom is 0.117 e. The molecule has 0 saturated carbocycles. The zero-order valence-electron chi connectivity index (χ0n) is 9.40. The van der Waals surface area contributed by atoms with E-state index in [9.17, 15) is 0 Å². The molecule has 0 aliphatic heterocycles. The minimum atomic E-state index is 0.748. The van der Waals surface area contributed by atoms with E-state index in [0.717, 1.165) is 29.4 Å². The molecule has 0 aliphatic carbocycles. The number of rotatable bonds is 5. The molecule has 0 bridgehead atoms. The van der Waals surface area contributed by atoms with Gasteiger partial charge in [0.05, 0.1) is 12.8 Å². The molecule has 0 unspecified atom stereocenters. The fourth-order valence-corrected chi connectivity index (χ4v) is 1.59. The molecule has 3 heteroatoms. The monoisotopic (exact) mass is 247 g/mol. The number of halogens is 1. The highest BCUT2D eigenvalue weighted by molar-refractivity contribution is 6.30. The lowest BCUT2D eigenvalue weighted by Crippen LogP contribution is -2.11. The van der Waals surface area contributed by atoms with Crippen LogP contribution >= 0.6 is 11.6 Å². The Labute approximate surface area is 106 Å². The van der Waals surface area contributed by atoms with Crippen LogP contribution in [0, 0.1) is 0 Å². The summed E-state index contributed by atoms with van der Waals surface area (Å²) < 4.78 is 5.21. The van der Waals surface area contributed by atoms with Crippen molar-refractivity contribution in [1.29, 1.82) is 0 Å². The third kappa shape index (κ3) is 4.10. The SMILES string of the molecule is Clc1ccc(/C=C/CNCc2ccco2)cc1. The van der Waals surface area contributed by atoms with Crippen molar-refractivity contribution in [3.8, 4) is 0 Å². The number of benzene rings is 1. The fourth-order valence-electron chi connectivity index (χ4n) is 1.46. The van der Waals surface area contributed by atoms with Crippen LogP contribution in [0.4, 0.5) is 0 Å². The van der Waals surface area contributed by atoms with Crippen LogP contribution in [0.5, 0.6) is 0 Å². The van der Waals surface area contributed by atoms with Crippen LogP contribution in [0.2, 0.25) is 5.02 Å². The number of furan rings is 1. The van der Waals surface area contributed by atoms with Gasteiger partial charge in [0.15, 0.2) is 0 Å². The van der Waals surface area contributed by atoms with Crippen LogP contribution in [0.1, 0.15) is 11.3 Å². The molecule has 17 heavy (non-hydrogen) atoms. The second-order valence-electron chi connectivity index (χ2n) is 3.66. The molecule has 1 heterocycles.